The molecule has 5 nitrogen and oxygen atoms in total. The lowest BCUT2D eigenvalue weighted by atomic mass is 9.95. The molecule has 0 radical (unpaired) electrons. The van der Waals surface area contributed by atoms with Crippen LogP contribution in [0.25, 0.3) is 11.1 Å². The molecule has 0 aliphatic heterocycles. The molecule has 2 aromatic carbocycles. The van der Waals surface area contributed by atoms with Crippen LogP contribution in [0.15, 0.2) is 42.6 Å². The molecule has 0 saturated heterocycles. The monoisotopic (exact) mass is 508 g/mol. The van der Waals surface area contributed by atoms with Crippen molar-refractivity contribution in [1.82, 2.24) is 4.98 Å². The van der Waals surface area contributed by atoms with E-state index in [1.165, 1.54) is 18.2 Å². The van der Waals surface area contributed by atoms with Crippen LogP contribution < -0.4 is 10.5 Å². The molecule has 1 aromatic heterocycles. The van der Waals surface area contributed by atoms with Crippen molar-refractivity contribution in [3.63, 3.8) is 0 Å². The maximum absolute atomic E-state index is 14.1. The van der Waals surface area contributed by atoms with E-state index in [-0.39, 0.29) is 28.3 Å². The first kappa shape index (κ1) is 25.1. The molecule has 0 spiro atoms. The summed E-state index contributed by atoms with van der Waals surface area (Å²) < 4.78 is 86.8. The van der Waals surface area contributed by atoms with E-state index in [4.69, 9.17) is 10.5 Å². The molecule has 3 N–H and O–H groups in total. The van der Waals surface area contributed by atoms with Gasteiger partial charge in [0.1, 0.15) is 12.4 Å². The number of aromatic carboxylic acids is 1. The quantitative estimate of drug-likeness (QED) is 0.226. The third kappa shape index (κ3) is 5.14. The summed E-state index contributed by atoms with van der Waals surface area (Å²) in [6.07, 6.45) is -2.87. The van der Waals surface area contributed by atoms with Gasteiger partial charge in [-0.15, -0.1) is 0 Å². The minimum absolute atomic E-state index is 0.0281. The largest absolute Gasteiger partial charge is 0.478 e. The van der Waals surface area contributed by atoms with Gasteiger partial charge in [-0.2, -0.15) is 13.2 Å². The molecule has 4 rings (SSSR count). The summed E-state index contributed by atoms with van der Waals surface area (Å²) in [5.41, 5.74) is 5.90. The zero-order valence-corrected chi connectivity index (χ0v) is 18.4. The number of carboxylic acid groups (broad SMARTS) is 1. The second kappa shape index (κ2) is 9.56. The molecule has 188 valence electrons. The van der Waals surface area contributed by atoms with Gasteiger partial charge in [0.25, 0.3) is 0 Å². The predicted molar refractivity (Wildman–Crippen MR) is 118 cm³/mol. The summed E-state index contributed by atoms with van der Waals surface area (Å²) in [5.74, 6) is -5.30. The lowest BCUT2D eigenvalue weighted by molar-refractivity contribution is -0.137. The van der Waals surface area contributed by atoms with Crippen molar-refractivity contribution in [1.29, 1.82) is 0 Å². The minimum atomic E-state index is -4.72. The Labute approximate surface area is 200 Å². The molecule has 0 unspecified atom stereocenters. The van der Waals surface area contributed by atoms with Crippen LogP contribution in [0.4, 0.5) is 32.0 Å². The zero-order valence-electron chi connectivity index (χ0n) is 18.4. The number of rotatable bonds is 6. The van der Waals surface area contributed by atoms with Crippen molar-refractivity contribution in [2.75, 3.05) is 5.73 Å². The molecule has 3 aromatic rings. The van der Waals surface area contributed by atoms with Crippen molar-refractivity contribution in [2.24, 2.45) is 0 Å². The topological polar surface area (TPSA) is 85.4 Å². The van der Waals surface area contributed by atoms with Gasteiger partial charge in [0.2, 0.25) is 5.88 Å². The van der Waals surface area contributed by atoms with Crippen LogP contribution in [0, 0.1) is 17.5 Å². The van der Waals surface area contributed by atoms with Crippen molar-refractivity contribution < 1.29 is 41.0 Å². The molecule has 1 heterocycles. The Morgan fingerprint density at radius 2 is 1.67 bits per heavy atom. The Bertz CT molecular complexity index is 1380. The van der Waals surface area contributed by atoms with E-state index in [1.807, 2.05) is 0 Å². The van der Waals surface area contributed by atoms with Crippen molar-refractivity contribution in [2.45, 2.75) is 32.0 Å². The first-order chi connectivity index (χ1) is 16.9. The van der Waals surface area contributed by atoms with Crippen molar-refractivity contribution in [3.05, 3.63) is 87.9 Å². The Morgan fingerprint density at radius 3 is 2.36 bits per heavy atom. The van der Waals surface area contributed by atoms with Gasteiger partial charge >= 0.3 is 12.1 Å². The number of hydrogen-bond acceptors (Lipinski definition) is 4. The van der Waals surface area contributed by atoms with Gasteiger partial charge in [-0.25, -0.2) is 22.9 Å². The van der Waals surface area contributed by atoms with Crippen LogP contribution in [0.3, 0.4) is 0 Å². The van der Waals surface area contributed by atoms with Crippen LogP contribution in [0.5, 0.6) is 5.88 Å². The number of ether oxygens (including phenoxy) is 1. The fraction of sp³-hybridized carbons (Fsp3) is 0.200. The maximum atomic E-state index is 14.1. The molecule has 0 bridgehead atoms. The fourth-order valence-electron chi connectivity index (χ4n) is 4.07. The summed E-state index contributed by atoms with van der Waals surface area (Å²) in [6.45, 7) is -0.627. The van der Waals surface area contributed by atoms with Crippen LogP contribution in [-0.2, 0) is 12.8 Å². The van der Waals surface area contributed by atoms with Gasteiger partial charge in [0, 0.05) is 29.1 Å². The minimum Gasteiger partial charge on any atom is -0.478 e. The van der Waals surface area contributed by atoms with Gasteiger partial charge in [0.15, 0.2) is 11.6 Å². The first-order valence-corrected chi connectivity index (χ1v) is 10.6. The van der Waals surface area contributed by atoms with Crippen molar-refractivity contribution in [3.8, 4) is 5.88 Å². The van der Waals surface area contributed by atoms with E-state index < -0.39 is 41.8 Å². The van der Waals surface area contributed by atoms with Crippen LogP contribution in [0.1, 0.15) is 51.9 Å². The van der Waals surface area contributed by atoms with Crippen LogP contribution >= 0.6 is 0 Å². The second-order valence-electron chi connectivity index (χ2n) is 8.18. The van der Waals surface area contributed by atoms with E-state index in [0.29, 0.717) is 54.3 Å². The Kier molecular flexibility index (Phi) is 6.66. The molecule has 1 aliphatic carbocycles. The number of halogens is 6. The molecule has 0 fully saturated rings. The standard InChI is InChI=1S/C25H18F6N2O3/c26-20-9-22(28)21(27)7-14(20)11-36-23-19(8-15(10-33-23)25(29,30)31)18-3-1-2-17(18)12-4-13(24(34)35)6-16(32)5-12/h4-10H,1-3,11,32H2,(H,34,35). The van der Waals surface area contributed by atoms with E-state index in [2.05, 4.69) is 4.98 Å². The Morgan fingerprint density at radius 1 is 0.972 bits per heavy atom. The average Bonchev–Trinajstić information content (AvgIpc) is 3.29. The summed E-state index contributed by atoms with van der Waals surface area (Å²) in [6, 6.07) is 5.93. The molecular weight excluding hydrogens is 490 g/mol. The number of carboxylic acids is 1. The third-order valence-electron chi connectivity index (χ3n) is 5.73. The number of aromatic nitrogens is 1. The molecule has 36 heavy (non-hydrogen) atoms. The second-order valence-corrected chi connectivity index (χ2v) is 8.18. The number of nitrogens with zero attached hydrogens (tertiary/aromatic N) is 1. The average molecular weight is 508 g/mol. The highest BCUT2D eigenvalue weighted by Gasteiger charge is 2.33. The predicted octanol–water partition coefficient (Wildman–Crippen LogP) is 6.47. The van der Waals surface area contributed by atoms with Gasteiger partial charge in [-0.1, -0.05) is 0 Å². The van der Waals surface area contributed by atoms with E-state index in [9.17, 15) is 36.2 Å². The van der Waals surface area contributed by atoms with Crippen LogP contribution in [0.2, 0.25) is 0 Å². The number of alkyl halides is 3. The summed E-state index contributed by atoms with van der Waals surface area (Å²) in [5, 5.41) is 9.36. The number of carbonyl (C=O) groups is 1. The highest BCUT2D eigenvalue weighted by Crippen LogP contribution is 2.44. The number of hydrogen-bond donors (Lipinski definition) is 2. The van der Waals surface area contributed by atoms with Crippen molar-refractivity contribution >= 4 is 22.8 Å². The lowest BCUT2D eigenvalue weighted by Crippen LogP contribution is -2.09. The number of anilines is 1. The van der Waals surface area contributed by atoms with Gasteiger partial charge in [-0.05, 0) is 66.3 Å². The molecule has 11 heteroatoms. The number of benzene rings is 2. The van der Waals surface area contributed by atoms with E-state index in [0.717, 1.165) is 6.07 Å². The zero-order chi connectivity index (χ0) is 26.2. The van der Waals surface area contributed by atoms with Gasteiger partial charge in [0.05, 0.1) is 11.1 Å². The summed E-state index contributed by atoms with van der Waals surface area (Å²) in [4.78, 5) is 15.2. The highest BCUT2D eigenvalue weighted by atomic mass is 19.4. The number of pyridine rings is 1. The molecule has 0 amide bonds. The molecule has 0 atom stereocenters. The molecule has 1 aliphatic rings. The number of allylic oxidation sites excluding steroid dienone is 2. The van der Waals surface area contributed by atoms with Crippen LogP contribution in [-0.4, -0.2) is 16.1 Å². The van der Waals surface area contributed by atoms with Gasteiger partial charge in [-0.3, -0.25) is 0 Å². The SMILES string of the molecule is Nc1cc(C(=O)O)cc(C2=C(c3cc(C(F)(F)F)cnc3OCc3cc(F)c(F)cc3F)CCC2)c1. The fourth-order valence-corrected chi connectivity index (χ4v) is 4.07. The van der Waals surface area contributed by atoms with Gasteiger partial charge < -0.3 is 15.6 Å². The smallest absolute Gasteiger partial charge is 0.417 e. The molecular formula is C25H18F6N2O3. The Balaban J connectivity index is 1.81. The summed E-state index contributed by atoms with van der Waals surface area (Å²) >= 11 is 0. The summed E-state index contributed by atoms with van der Waals surface area (Å²) in [7, 11) is 0. The number of nitrogen functional groups attached to an aromatic ring is 1. The van der Waals surface area contributed by atoms with E-state index >= 15 is 0 Å². The first-order valence-electron chi connectivity index (χ1n) is 10.6. The van der Waals surface area contributed by atoms with E-state index in [1.54, 1.807) is 0 Å². The molecule has 0 saturated carbocycles. The third-order valence-corrected chi connectivity index (χ3v) is 5.73. The number of nitrogens with two attached hydrogens (primary N) is 1. The lowest BCUT2D eigenvalue weighted by Gasteiger charge is -2.16. The highest BCUT2D eigenvalue weighted by molar-refractivity contribution is 5.97. The Hall–Kier alpha value is -4.02. The normalized spacial score (nSPS) is 13.8. The maximum Gasteiger partial charge on any atom is 0.417 e.